The van der Waals surface area contributed by atoms with Crippen LogP contribution in [-0.2, 0) is 22.4 Å². The molecular weight excluding hydrogens is 460 g/mol. The van der Waals surface area contributed by atoms with Gasteiger partial charge in [-0.15, -0.1) is 0 Å². The van der Waals surface area contributed by atoms with Crippen LogP contribution in [0.25, 0.3) is 11.0 Å². The molecule has 1 saturated carbocycles. The topological polar surface area (TPSA) is 59.4 Å². The molecule has 1 aliphatic heterocycles. The Bertz CT molecular complexity index is 1310. The van der Waals surface area contributed by atoms with Crippen molar-refractivity contribution in [1.29, 1.82) is 0 Å². The molecule has 6 nitrogen and oxygen atoms in total. The molecule has 6 rings (SSSR count). The summed E-state index contributed by atoms with van der Waals surface area (Å²) in [5, 5.41) is 3.06. The summed E-state index contributed by atoms with van der Waals surface area (Å²) in [7, 11) is 1.87. The molecule has 1 saturated heterocycles. The van der Waals surface area contributed by atoms with E-state index in [0.29, 0.717) is 17.9 Å². The first kappa shape index (κ1) is 24.6. The van der Waals surface area contributed by atoms with Crippen LogP contribution in [0, 0.1) is 18.8 Å². The Labute approximate surface area is 220 Å². The third-order valence-electron chi connectivity index (χ3n) is 8.59. The van der Waals surface area contributed by atoms with Gasteiger partial charge in [-0.3, -0.25) is 4.79 Å². The van der Waals surface area contributed by atoms with E-state index < -0.39 is 0 Å². The van der Waals surface area contributed by atoms with Gasteiger partial charge in [-0.1, -0.05) is 26.0 Å². The Morgan fingerprint density at radius 3 is 2.68 bits per heavy atom. The van der Waals surface area contributed by atoms with Gasteiger partial charge in [0.2, 0.25) is 5.91 Å². The molecule has 1 N–H and O–H groups in total. The van der Waals surface area contributed by atoms with Crippen molar-refractivity contribution in [2.45, 2.75) is 70.9 Å². The summed E-state index contributed by atoms with van der Waals surface area (Å²) in [6, 6.07) is 13.5. The normalized spacial score (nSPS) is 24.1. The summed E-state index contributed by atoms with van der Waals surface area (Å²) in [4.78, 5) is 19.8. The molecule has 196 valence electrons. The van der Waals surface area contributed by atoms with Gasteiger partial charge in [-0.05, 0) is 85.9 Å². The van der Waals surface area contributed by atoms with E-state index in [4.69, 9.17) is 9.72 Å². The van der Waals surface area contributed by atoms with E-state index in [-0.39, 0.29) is 17.9 Å². The van der Waals surface area contributed by atoms with Crippen molar-refractivity contribution in [3.8, 4) is 0 Å². The number of aryl methyl sites for hydroxylation is 1. The highest BCUT2D eigenvalue weighted by Gasteiger charge is 2.38. The van der Waals surface area contributed by atoms with Crippen LogP contribution in [0.5, 0.6) is 0 Å². The maximum atomic E-state index is 12.1. The number of nitrogens with zero attached hydrogens (tertiary/aromatic N) is 3. The van der Waals surface area contributed by atoms with E-state index in [9.17, 15) is 4.79 Å². The zero-order valence-corrected chi connectivity index (χ0v) is 22.7. The molecule has 2 heterocycles. The molecule has 1 aromatic heterocycles. The molecule has 3 aliphatic rings. The van der Waals surface area contributed by atoms with Crippen LogP contribution in [0.1, 0.15) is 67.6 Å². The average Bonchev–Trinajstić information content (AvgIpc) is 3.55. The summed E-state index contributed by atoms with van der Waals surface area (Å²) in [5.41, 5.74) is 7.41. The number of hydrogen-bond acceptors (Lipinski definition) is 4. The van der Waals surface area contributed by atoms with Crippen LogP contribution in [0.3, 0.4) is 0 Å². The number of imidazole rings is 1. The molecular formula is C31H40N4O2. The average molecular weight is 501 g/mol. The zero-order valence-electron chi connectivity index (χ0n) is 22.7. The fourth-order valence-electron chi connectivity index (χ4n) is 6.43. The lowest BCUT2D eigenvalue weighted by molar-refractivity contribution is -0.118. The first-order valence-corrected chi connectivity index (χ1v) is 14.1. The fourth-order valence-corrected chi connectivity index (χ4v) is 6.43. The van der Waals surface area contributed by atoms with E-state index >= 15 is 0 Å². The second kappa shape index (κ2) is 9.88. The van der Waals surface area contributed by atoms with Crippen molar-refractivity contribution in [1.82, 2.24) is 14.5 Å². The minimum atomic E-state index is -0.0116. The number of benzene rings is 2. The van der Waals surface area contributed by atoms with E-state index in [0.717, 1.165) is 50.1 Å². The number of aromatic nitrogens is 2. The Morgan fingerprint density at radius 1 is 1.11 bits per heavy atom. The summed E-state index contributed by atoms with van der Waals surface area (Å²) >= 11 is 0. The number of hydrogen-bond donors (Lipinski definition) is 1. The quantitative estimate of drug-likeness (QED) is 0.466. The van der Waals surface area contributed by atoms with Crippen LogP contribution in [0.15, 0.2) is 36.4 Å². The van der Waals surface area contributed by atoms with E-state index in [1.165, 1.54) is 40.9 Å². The molecule has 3 aromatic rings. The summed E-state index contributed by atoms with van der Waals surface area (Å²) in [6.45, 7) is 9.14. The van der Waals surface area contributed by atoms with Crippen molar-refractivity contribution in [2.75, 3.05) is 32.1 Å². The predicted molar refractivity (Wildman–Crippen MR) is 148 cm³/mol. The number of anilines is 1. The molecule has 6 heteroatoms. The van der Waals surface area contributed by atoms with Gasteiger partial charge in [0.1, 0.15) is 5.82 Å². The standard InChI is InChI=1S/C31H40N4O2/c1-19(2)31(36)32-25-9-8-23-14-21(15-24(23)16-25)17-34-12-11-28(29(18-34)37-4)35-27-10-5-20(3)13-26(27)33-30(35)22-6-7-22/h5,8-10,13,16,19,21-22,28-29H,6-7,11-12,14-15,17-18H2,1-4H3,(H,32,36)/t21?,28-,29-/m1/s1. The van der Waals surface area contributed by atoms with Crippen molar-refractivity contribution in [3.63, 3.8) is 0 Å². The fraction of sp³-hybridized carbons (Fsp3) is 0.548. The molecule has 0 bridgehead atoms. The van der Waals surface area contributed by atoms with Gasteiger partial charge in [0, 0.05) is 44.3 Å². The van der Waals surface area contributed by atoms with Gasteiger partial charge in [0.25, 0.3) is 0 Å². The van der Waals surface area contributed by atoms with Crippen molar-refractivity contribution in [3.05, 3.63) is 58.9 Å². The van der Waals surface area contributed by atoms with E-state index in [1.54, 1.807) is 0 Å². The number of likely N-dealkylation sites (tertiary alicyclic amines) is 1. The Kier molecular flexibility index (Phi) is 6.58. The summed E-state index contributed by atoms with van der Waals surface area (Å²) in [6.07, 6.45) is 5.95. The van der Waals surface area contributed by atoms with Crippen molar-refractivity contribution in [2.24, 2.45) is 11.8 Å². The largest absolute Gasteiger partial charge is 0.378 e. The minimum absolute atomic E-state index is 0.0116. The van der Waals surface area contributed by atoms with Gasteiger partial charge in [-0.25, -0.2) is 4.98 Å². The maximum Gasteiger partial charge on any atom is 0.226 e. The predicted octanol–water partition coefficient (Wildman–Crippen LogP) is 5.49. The molecule has 0 radical (unpaired) electrons. The Balaban J connectivity index is 1.14. The van der Waals surface area contributed by atoms with Crippen molar-refractivity contribution < 1.29 is 9.53 Å². The molecule has 1 unspecified atom stereocenters. The van der Waals surface area contributed by atoms with Gasteiger partial charge in [0.15, 0.2) is 0 Å². The first-order chi connectivity index (χ1) is 17.9. The SMILES string of the molecule is CO[C@@H]1CN(CC2Cc3ccc(NC(=O)C(C)C)cc3C2)CC[C@H]1n1c(C2CC2)nc2cc(C)ccc21. The highest BCUT2D eigenvalue weighted by molar-refractivity contribution is 5.92. The van der Waals surface area contributed by atoms with Crippen LogP contribution < -0.4 is 5.32 Å². The van der Waals surface area contributed by atoms with Gasteiger partial charge in [-0.2, -0.15) is 0 Å². The first-order valence-electron chi connectivity index (χ1n) is 14.1. The number of ether oxygens (including phenoxy) is 1. The van der Waals surface area contributed by atoms with Gasteiger partial charge < -0.3 is 19.5 Å². The molecule has 2 aromatic carbocycles. The molecule has 1 amide bonds. The lowest BCUT2D eigenvalue weighted by atomic mass is 9.98. The van der Waals surface area contributed by atoms with Gasteiger partial charge in [0.05, 0.1) is 23.2 Å². The van der Waals surface area contributed by atoms with E-state index in [2.05, 4.69) is 58.1 Å². The number of nitrogens with one attached hydrogen (secondary N) is 1. The lowest BCUT2D eigenvalue weighted by Gasteiger charge is -2.40. The summed E-state index contributed by atoms with van der Waals surface area (Å²) < 4.78 is 8.69. The number of carbonyl (C=O) groups excluding carboxylic acids is 1. The molecule has 2 aliphatic carbocycles. The number of fused-ring (bicyclic) bond motifs is 2. The molecule has 3 atom stereocenters. The number of amides is 1. The Hall–Kier alpha value is -2.70. The number of rotatable bonds is 7. The summed E-state index contributed by atoms with van der Waals surface area (Å²) in [5.74, 6) is 2.55. The molecule has 37 heavy (non-hydrogen) atoms. The smallest absolute Gasteiger partial charge is 0.226 e. The zero-order chi connectivity index (χ0) is 25.7. The van der Waals surface area contributed by atoms with Crippen LogP contribution in [0.2, 0.25) is 0 Å². The third-order valence-corrected chi connectivity index (χ3v) is 8.59. The number of carbonyl (C=O) groups is 1. The van der Waals surface area contributed by atoms with Crippen molar-refractivity contribution >= 4 is 22.6 Å². The van der Waals surface area contributed by atoms with Crippen LogP contribution in [-0.4, -0.2) is 53.2 Å². The van der Waals surface area contributed by atoms with E-state index in [1.807, 2.05) is 21.0 Å². The third kappa shape index (κ3) is 4.94. The Morgan fingerprint density at radius 2 is 1.92 bits per heavy atom. The minimum Gasteiger partial charge on any atom is -0.378 e. The highest BCUT2D eigenvalue weighted by atomic mass is 16.5. The molecule has 0 spiro atoms. The second-order valence-electron chi connectivity index (χ2n) is 11.9. The molecule has 2 fully saturated rings. The second-order valence-corrected chi connectivity index (χ2v) is 11.9. The number of piperidine rings is 1. The lowest BCUT2D eigenvalue weighted by Crippen LogP contribution is -2.47. The number of methoxy groups -OCH3 is 1. The van der Waals surface area contributed by atoms with Crippen LogP contribution >= 0.6 is 0 Å². The highest BCUT2D eigenvalue weighted by Crippen LogP contribution is 2.43. The van der Waals surface area contributed by atoms with Gasteiger partial charge >= 0.3 is 0 Å². The van der Waals surface area contributed by atoms with Crippen LogP contribution in [0.4, 0.5) is 5.69 Å². The monoisotopic (exact) mass is 500 g/mol. The maximum absolute atomic E-state index is 12.1.